The fourth-order valence-corrected chi connectivity index (χ4v) is 10.2. The van der Waals surface area contributed by atoms with Crippen molar-refractivity contribution in [2.75, 3.05) is 83.7 Å². The highest BCUT2D eigenvalue weighted by Crippen LogP contribution is 2.44. The van der Waals surface area contributed by atoms with Crippen molar-refractivity contribution in [1.29, 1.82) is 0 Å². The standard InChI is InChI=1S/C27H29ClN6O4.C15H15ClN4.C11H16N2O3/c1-16-10-17(4-7-29-16)24-21(28)12-22-25(32-24)34(18-6-9-33(22)13-18)26(35)31-23-11-19(5-8-30-23)36-14-20-15-37-27(2,3)38-20;1-9-6-10(2-4-17-9)14-12(16)7-13-15(19-14)18-11-3-5-20(13)8-11;1-11(2)15-7-9(16-11)6-14-8-3-4-13-10(12)5-8/h4-5,7-8,10-12,18,20H,6,9,13-15H2,1-3H3,(H,30,31,35);2,4,6-7,11H,3,5,8H2,1H3,(H,18,19);3-5,9H,6-7H2,1-2H3,(H2,12,13)/t18-,20+;11-;9-/m001/s1. The number of carbonyl (C=O) groups is 1. The molecule has 12 heterocycles. The zero-order valence-electron chi connectivity index (χ0n) is 42.2. The van der Waals surface area contributed by atoms with E-state index < -0.39 is 11.6 Å². The predicted molar refractivity (Wildman–Crippen MR) is 284 cm³/mol. The van der Waals surface area contributed by atoms with Crippen LogP contribution in [0, 0.1) is 13.8 Å². The largest absolute Gasteiger partial charge is 0.491 e. The topological polar surface area (TPSA) is 210 Å². The Labute approximate surface area is 440 Å². The number of nitrogen functional groups attached to an aromatic ring is 1. The fourth-order valence-electron chi connectivity index (χ4n) is 9.72. The summed E-state index contributed by atoms with van der Waals surface area (Å²) in [6.45, 7) is 16.9. The van der Waals surface area contributed by atoms with Crippen molar-refractivity contribution in [3.8, 4) is 34.0 Å². The first kappa shape index (κ1) is 50.9. The average molecular weight is 1050 g/mol. The maximum atomic E-state index is 13.7. The molecule has 4 bridgehead atoms. The van der Waals surface area contributed by atoms with Crippen LogP contribution in [-0.2, 0) is 18.9 Å². The van der Waals surface area contributed by atoms with Gasteiger partial charge in [-0.25, -0.2) is 24.7 Å². The van der Waals surface area contributed by atoms with Crippen molar-refractivity contribution in [3.05, 3.63) is 107 Å². The number of amides is 2. The molecule has 0 radical (unpaired) electrons. The van der Waals surface area contributed by atoms with Crippen molar-refractivity contribution in [2.45, 2.75) is 90.2 Å². The summed E-state index contributed by atoms with van der Waals surface area (Å²) in [5.74, 6) is 2.52. The van der Waals surface area contributed by atoms with Crippen molar-refractivity contribution < 1.29 is 33.2 Å². The minimum atomic E-state index is -0.611. The number of urea groups is 1. The molecule has 0 spiro atoms. The summed E-state index contributed by atoms with van der Waals surface area (Å²) in [5.41, 5.74) is 12.6. The molecule has 19 nitrogen and oxygen atoms in total. The second-order valence-corrected chi connectivity index (χ2v) is 20.6. The van der Waals surface area contributed by atoms with E-state index in [4.69, 9.17) is 67.3 Å². The number of fused-ring (bicyclic) bond motifs is 8. The van der Waals surface area contributed by atoms with Crippen LogP contribution in [0.1, 0.15) is 51.9 Å². The van der Waals surface area contributed by atoms with Crippen molar-refractivity contribution in [2.24, 2.45) is 0 Å². The number of nitrogens with zero attached hydrogens (tertiary/aromatic N) is 9. The first-order valence-corrected chi connectivity index (χ1v) is 25.5. The Kier molecular flexibility index (Phi) is 14.7. The zero-order chi connectivity index (χ0) is 51.7. The highest BCUT2D eigenvalue weighted by molar-refractivity contribution is 6.34. The normalized spacial score (nSPS) is 21.3. The summed E-state index contributed by atoms with van der Waals surface area (Å²) < 4.78 is 33.9. The molecule has 0 aliphatic carbocycles. The molecule has 6 aromatic rings. The van der Waals surface area contributed by atoms with Gasteiger partial charge in [0.25, 0.3) is 0 Å². The number of pyridine rings is 6. The quantitative estimate of drug-likeness (QED) is 0.123. The number of hydrogen-bond acceptors (Lipinski definition) is 17. The van der Waals surface area contributed by atoms with E-state index in [1.165, 1.54) is 0 Å². The summed E-state index contributed by atoms with van der Waals surface area (Å²) in [4.78, 5) is 46.3. The molecule has 12 rings (SSSR count). The molecule has 6 aromatic heterocycles. The molecular weight excluding hydrogens is 988 g/mol. The van der Waals surface area contributed by atoms with Gasteiger partial charge in [0.05, 0.1) is 52.1 Å². The van der Waals surface area contributed by atoms with E-state index in [0.717, 1.165) is 84.4 Å². The summed E-state index contributed by atoms with van der Waals surface area (Å²) in [6, 6.07) is 18.8. The smallest absolute Gasteiger partial charge is 0.329 e. The molecular formula is C53H60Cl2N12O7. The molecule has 0 aromatic carbocycles. The highest BCUT2D eigenvalue weighted by Gasteiger charge is 2.41. The number of nitrogens with one attached hydrogen (secondary N) is 2. The number of carbonyl (C=O) groups excluding carboxylic acids is 1. The van der Waals surface area contributed by atoms with Gasteiger partial charge in [-0.2, -0.15) is 0 Å². The van der Waals surface area contributed by atoms with Crippen LogP contribution in [0.2, 0.25) is 10.0 Å². The van der Waals surface area contributed by atoms with E-state index in [2.05, 4.69) is 40.4 Å². The number of halogens is 2. The molecule has 6 aliphatic heterocycles. The van der Waals surface area contributed by atoms with E-state index >= 15 is 0 Å². The third-order valence-electron chi connectivity index (χ3n) is 13.1. The van der Waals surface area contributed by atoms with Gasteiger partial charge in [-0.15, -0.1) is 0 Å². The fraction of sp³-hybridized carbons (Fsp3) is 0.415. The number of nitrogens with two attached hydrogens (primary N) is 1. The third-order valence-corrected chi connectivity index (χ3v) is 13.7. The number of anilines is 6. The number of hydrogen-bond donors (Lipinski definition) is 3. The van der Waals surface area contributed by atoms with Crippen LogP contribution in [-0.4, -0.2) is 124 Å². The average Bonchev–Trinajstić information content (AvgIpc) is 4.16. The van der Waals surface area contributed by atoms with Gasteiger partial charge < -0.3 is 49.3 Å². The Bertz CT molecular complexity index is 3020. The van der Waals surface area contributed by atoms with E-state index in [-0.39, 0.29) is 24.3 Å². The lowest BCUT2D eigenvalue weighted by molar-refractivity contribution is -0.141. The second kappa shape index (κ2) is 21.3. The van der Waals surface area contributed by atoms with Gasteiger partial charge in [-0.1, -0.05) is 23.2 Å². The molecule has 0 unspecified atom stereocenters. The van der Waals surface area contributed by atoms with Gasteiger partial charge in [0.2, 0.25) is 0 Å². The maximum absolute atomic E-state index is 13.7. The third kappa shape index (κ3) is 11.8. The van der Waals surface area contributed by atoms with Crippen LogP contribution in [0.4, 0.5) is 39.4 Å². The second-order valence-electron chi connectivity index (χ2n) is 19.8. The Balaban J connectivity index is 0.000000144. The van der Waals surface area contributed by atoms with Gasteiger partial charge >= 0.3 is 6.03 Å². The highest BCUT2D eigenvalue weighted by atomic mass is 35.5. The molecule has 0 saturated carbocycles. The summed E-state index contributed by atoms with van der Waals surface area (Å²) in [6.07, 6.45) is 8.53. The van der Waals surface area contributed by atoms with E-state index in [0.29, 0.717) is 77.2 Å². The number of rotatable bonds is 9. The zero-order valence-corrected chi connectivity index (χ0v) is 43.7. The van der Waals surface area contributed by atoms with Crippen LogP contribution in [0.15, 0.2) is 85.5 Å². The lowest BCUT2D eigenvalue weighted by Gasteiger charge is -2.36. The van der Waals surface area contributed by atoms with Crippen LogP contribution in [0.25, 0.3) is 22.5 Å². The molecule has 74 heavy (non-hydrogen) atoms. The molecule has 4 N–H and O–H groups in total. The number of aryl methyl sites for hydroxylation is 2. The molecule has 4 atom stereocenters. The van der Waals surface area contributed by atoms with E-state index in [1.807, 2.05) is 77.9 Å². The minimum Gasteiger partial charge on any atom is -0.491 e. The van der Waals surface area contributed by atoms with Gasteiger partial charge in [-0.05, 0) is 103 Å². The Morgan fingerprint density at radius 3 is 1.91 bits per heavy atom. The SMILES string of the molecule is CC1(C)OC[C@@H](COc2ccnc(N)c2)O1.Cc1cc(-c2nc3c(cc2Cl)N2CC[C@@H](C2)N3)ccn1.Cc1cc(-c2nc3c(cc2Cl)N2CC[C@@H](C2)N3C(=O)Nc2cc(OC[C@@H]3COC(C)(C)O3)ccn2)ccn1. The molecule has 4 saturated heterocycles. The predicted octanol–water partition coefficient (Wildman–Crippen LogP) is 8.97. The molecule has 6 aliphatic rings. The summed E-state index contributed by atoms with van der Waals surface area (Å²) in [5, 5.41) is 7.68. The Hall–Kier alpha value is -6.61. The molecule has 388 valence electrons. The van der Waals surface area contributed by atoms with Crippen LogP contribution < -0.4 is 40.5 Å². The molecule has 21 heteroatoms. The molecule has 2 amide bonds. The first-order chi connectivity index (χ1) is 35.5. The van der Waals surface area contributed by atoms with Gasteiger partial charge in [0, 0.05) is 91.7 Å². The number of aromatic nitrogens is 6. The first-order valence-electron chi connectivity index (χ1n) is 24.7. The minimum absolute atomic E-state index is 0.00879. The Morgan fingerprint density at radius 1 is 0.730 bits per heavy atom. The van der Waals surface area contributed by atoms with Gasteiger partial charge in [0.1, 0.15) is 48.6 Å². The van der Waals surface area contributed by atoms with Crippen molar-refractivity contribution in [3.63, 3.8) is 0 Å². The van der Waals surface area contributed by atoms with Crippen LogP contribution in [0.3, 0.4) is 0 Å². The Morgan fingerprint density at radius 2 is 1.30 bits per heavy atom. The maximum Gasteiger partial charge on any atom is 0.329 e. The van der Waals surface area contributed by atoms with Crippen LogP contribution >= 0.6 is 23.2 Å². The van der Waals surface area contributed by atoms with Crippen molar-refractivity contribution in [1.82, 2.24) is 29.9 Å². The number of ether oxygens (including phenoxy) is 6. The summed E-state index contributed by atoms with van der Waals surface area (Å²) in [7, 11) is 0. The summed E-state index contributed by atoms with van der Waals surface area (Å²) >= 11 is 13.1. The van der Waals surface area contributed by atoms with E-state index in [9.17, 15) is 4.79 Å². The van der Waals surface area contributed by atoms with Crippen LogP contribution in [0.5, 0.6) is 11.5 Å². The van der Waals surface area contributed by atoms with Gasteiger partial charge in [0.15, 0.2) is 23.2 Å². The van der Waals surface area contributed by atoms with E-state index in [1.54, 1.807) is 54.0 Å². The monoisotopic (exact) mass is 1050 g/mol. The molecule has 4 fully saturated rings. The van der Waals surface area contributed by atoms with Gasteiger partial charge in [-0.3, -0.25) is 20.2 Å². The van der Waals surface area contributed by atoms with Crippen molar-refractivity contribution >= 4 is 63.9 Å². The lowest BCUT2D eigenvalue weighted by Crippen LogP contribution is -2.48. The lowest BCUT2D eigenvalue weighted by atomic mass is 10.1.